The fraction of sp³-hybridized carbons (Fsp3) is 0.690. The SMILES string of the molecule is CC(C)(C)OC([O-])=Nc1ncn(CP(C)(C)=O)n1.CC(C)(C)OC([O-])=Nc1ncn[nH]1.CCC.CCI.CCI.CCN.CN.CNC(=O)[C@@H]1CCCN1.CP(C)(=O)Cn1ccc(N)n1.N.Nc1ccn[nH]1.[2H][2H]. The van der Waals surface area contributed by atoms with Crippen LogP contribution in [0.4, 0.5) is 23.5 Å². The second-order valence-electron chi connectivity index (χ2n) is 16.7. The van der Waals surface area contributed by atoms with E-state index in [0.717, 1.165) is 25.9 Å². The number of aromatic amines is 2. The maximum atomic E-state index is 11.6. The Morgan fingerprint density at radius 1 is 0.875 bits per heavy atom. The van der Waals surface area contributed by atoms with Crippen molar-refractivity contribution in [3.05, 3.63) is 37.2 Å². The van der Waals surface area contributed by atoms with Gasteiger partial charge in [-0.15, -0.1) is 5.10 Å². The van der Waals surface area contributed by atoms with Gasteiger partial charge in [0.15, 0.2) is 12.2 Å². The molecule has 72 heavy (non-hydrogen) atoms. The number of aromatic nitrogens is 10. The molecule has 4 aromatic heterocycles. The minimum absolute atomic E-state index is 0. The number of rotatable bonds is 7. The number of likely N-dealkylation sites (N-methyl/N-ethyl adjacent to an activating group) is 1. The van der Waals surface area contributed by atoms with Crippen molar-refractivity contribution in [1.29, 1.82) is 0 Å². The van der Waals surface area contributed by atoms with Crippen molar-refractivity contribution in [2.45, 2.75) is 125 Å². The average molecular weight is 1290 g/mol. The molecular weight excluding hydrogens is 1200 g/mol. The molecule has 5 rings (SSSR count). The molecule has 30 heteroatoms. The lowest BCUT2D eigenvalue weighted by Gasteiger charge is -2.29. The molecular formula is C42H93I2N19O7P2-2. The molecule has 0 aromatic carbocycles. The van der Waals surface area contributed by atoms with Gasteiger partial charge in [-0.2, -0.15) is 35.2 Å². The highest BCUT2D eigenvalue weighted by molar-refractivity contribution is 14.1. The molecule has 1 aliphatic heterocycles. The van der Waals surface area contributed by atoms with Crippen LogP contribution in [-0.4, -0.2) is 148 Å². The first-order valence-electron chi connectivity index (χ1n) is 23.5. The number of nitrogen functional groups attached to an aromatic ring is 2. The number of anilines is 2. The molecule has 5 heterocycles. The van der Waals surface area contributed by atoms with Gasteiger partial charge in [-0.25, -0.2) is 9.78 Å². The molecule has 1 fully saturated rings. The number of ether oxygens (including phenoxy) is 2. The lowest BCUT2D eigenvalue weighted by Crippen LogP contribution is -2.38. The smallest absolute Gasteiger partial charge is 0.269 e. The molecule has 0 unspecified atom stereocenters. The van der Waals surface area contributed by atoms with Crippen LogP contribution in [0, 0.1) is 0 Å². The van der Waals surface area contributed by atoms with Crippen LogP contribution >= 0.6 is 59.5 Å². The van der Waals surface area contributed by atoms with Gasteiger partial charge >= 0.3 is 0 Å². The van der Waals surface area contributed by atoms with Gasteiger partial charge in [-0.05, 0) is 80.6 Å². The second-order valence-corrected chi connectivity index (χ2v) is 26.6. The van der Waals surface area contributed by atoms with E-state index in [2.05, 4.69) is 140 Å². The standard InChI is InChI=1S/C10H19N4O3P.C7H12N4O2.C6H12N3OP.C6H12N2O.C3H5N3.C3H8.2C2H5I.C2H7N.CH5N.H3N.H2/c1-10(2,3)17-9(15)12-8-11-6-14(13-8)7-18(4,5)16;1-7(2,3)13-6(12)10-5-8-4-9-11-5;1-11(2,10)5-9-4-3-6(7)8-9;1-7-6(9)5-3-2-4-8-5;4-3-1-2-5-6-3;1-3-2;3*1-2-3;1-2;;/h6H,7H2,1-5H3,(H,12,13,15);4H,1-3H3,(H2,8,9,10,11,12);3-4H,5H2,1-2H3,(H2,7,8);5,8H,2-4H2,1H3,(H,7,9);1-2H,(H3,4,5,6);3H2,1-2H3;2*2H2,1H3;2-3H2,1H3;2H2,1H3;1H3;1H/p-2/t;;;5-;;;;;;;;/m...0......../s1/i;;;;;;;;;;;1+1D. The number of alkyl halides is 2. The molecule has 0 saturated carbocycles. The minimum Gasteiger partial charge on any atom is -0.594 e. The third-order valence-electron chi connectivity index (χ3n) is 5.88. The van der Waals surface area contributed by atoms with Crippen molar-refractivity contribution in [3.8, 4) is 0 Å². The molecule has 424 valence electrons. The van der Waals surface area contributed by atoms with Crippen LogP contribution in [-0.2, 0) is 36.0 Å². The summed E-state index contributed by atoms with van der Waals surface area (Å²) in [6, 6.07) is 3.46. The van der Waals surface area contributed by atoms with Crippen LogP contribution in [0.2, 0.25) is 0 Å². The van der Waals surface area contributed by atoms with Crippen LogP contribution in [0.3, 0.4) is 0 Å². The maximum absolute atomic E-state index is 11.6. The van der Waals surface area contributed by atoms with Crippen molar-refractivity contribution < 1.29 is 36.6 Å². The summed E-state index contributed by atoms with van der Waals surface area (Å²) < 4.78 is 48.3. The first-order valence-corrected chi connectivity index (χ1v) is 31.1. The van der Waals surface area contributed by atoms with Crippen molar-refractivity contribution >= 4 is 101 Å². The van der Waals surface area contributed by atoms with Gasteiger partial charge in [0.2, 0.25) is 11.9 Å². The fourth-order valence-corrected chi connectivity index (χ4v) is 5.59. The summed E-state index contributed by atoms with van der Waals surface area (Å²) >= 11 is 4.58. The molecule has 1 saturated heterocycles. The van der Waals surface area contributed by atoms with Crippen molar-refractivity contribution in [2.24, 2.45) is 21.5 Å². The van der Waals surface area contributed by atoms with E-state index in [0.29, 0.717) is 17.9 Å². The summed E-state index contributed by atoms with van der Waals surface area (Å²) in [6.07, 6.45) is 8.67. The monoisotopic (exact) mass is 1290 g/mol. The number of halogens is 2. The lowest BCUT2D eigenvalue weighted by molar-refractivity contribution is -0.261. The van der Waals surface area contributed by atoms with Crippen molar-refractivity contribution in [2.75, 3.05) is 74.2 Å². The Hall–Kier alpha value is -3.93. The highest BCUT2D eigenvalue weighted by Crippen LogP contribution is 2.38. The number of nitrogens with zero attached hydrogens (tertiary/aromatic N) is 10. The van der Waals surface area contributed by atoms with Crippen LogP contribution in [0.1, 0.15) is 98.4 Å². The highest BCUT2D eigenvalue weighted by atomic mass is 127. The molecule has 0 bridgehead atoms. The number of amides is 1. The van der Waals surface area contributed by atoms with E-state index in [-0.39, 0.29) is 36.3 Å². The summed E-state index contributed by atoms with van der Waals surface area (Å²) in [6.45, 7) is 29.4. The Labute approximate surface area is 459 Å². The molecule has 26 nitrogen and oxygen atoms in total. The largest absolute Gasteiger partial charge is 0.594 e. The van der Waals surface area contributed by atoms with Crippen LogP contribution in [0.25, 0.3) is 0 Å². The van der Waals surface area contributed by atoms with Gasteiger partial charge in [0.25, 0.3) is 5.95 Å². The first-order chi connectivity index (χ1) is 33.9. The number of hydrogen-bond donors (Lipinski definition) is 9. The molecule has 1 aliphatic rings. The third kappa shape index (κ3) is 58.6. The van der Waals surface area contributed by atoms with Crippen molar-refractivity contribution in [1.82, 2.24) is 66.7 Å². The topological polar surface area (TPSA) is 422 Å². The predicted molar refractivity (Wildman–Crippen MR) is 313 cm³/mol. The summed E-state index contributed by atoms with van der Waals surface area (Å²) in [4.78, 5) is 25.4. The zero-order chi connectivity index (χ0) is 58.3. The summed E-state index contributed by atoms with van der Waals surface area (Å²) in [5.74, 6) is 1.35. The van der Waals surface area contributed by atoms with E-state index in [1.165, 1.54) is 39.7 Å². The van der Waals surface area contributed by atoms with Crippen LogP contribution in [0.15, 0.2) is 47.2 Å². The normalized spacial score (nSPS) is 12.8. The Kier molecular flexibility index (Phi) is 50.1. The van der Waals surface area contributed by atoms with E-state index in [4.69, 9.17) is 29.6 Å². The van der Waals surface area contributed by atoms with Gasteiger partial charge in [0, 0.05) is 27.4 Å². The molecule has 4 aromatic rings. The summed E-state index contributed by atoms with van der Waals surface area (Å²) in [5, 5.41) is 48.0. The first kappa shape index (κ1) is 77.0. The molecule has 0 aliphatic carbocycles. The van der Waals surface area contributed by atoms with Gasteiger partial charge in [-0.3, -0.25) is 14.6 Å². The zero-order valence-electron chi connectivity index (χ0n) is 47.9. The molecule has 0 spiro atoms. The third-order valence-corrected chi connectivity index (χ3v) is 7.82. The number of H-pyrrole nitrogens is 2. The molecule has 1 amide bonds. The van der Waals surface area contributed by atoms with Crippen LogP contribution in [0.5, 0.6) is 0 Å². The average Bonchev–Trinajstić information content (AvgIpc) is 4.13. The number of hydrogen-bond acceptors (Lipinski definition) is 21. The maximum Gasteiger partial charge on any atom is 0.269 e. The number of carbonyl (C=O) groups excluding carboxylic acids is 1. The quantitative estimate of drug-likeness (QED) is 0.0349. The lowest BCUT2D eigenvalue weighted by atomic mass is 10.2. The van der Waals surface area contributed by atoms with E-state index < -0.39 is 37.7 Å². The predicted octanol–water partition coefficient (Wildman–Crippen LogP) is 5.76. The summed E-state index contributed by atoms with van der Waals surface area (Å²) in [7, 11) is -1.10. The minimum atomic E-state index is -2.24. The Morgan fingerprint density at radius 3 is 1.67 bits per heavy atom. The number of nitrogens with two attached hydrogens (primary N) is 4. The van der Waals surface area contributed by atoms with E-state index in [1.807, 2.05) is 6.92 Å². The van der Waals surface area contributed by atoms with Gasteiger partial charge in [0.05, 0.1) is 24.8 Å². The van der Waals surface area contributed by atoms with E-state index in [1.54, 1.807) is 104 Å². The number of nitrogens with one attached hydrogen (secondary N) is 4. The van der Waals surface area contributed by atoms with E-state index in [9.17, 15) is 24.1 Å². The molecule has 1 atom stereocenters. The Balaban J connectivity index is -0.000000144. The zero-order valence-corrected chi connectivity index (χ0v) is 52.0. The number of carbonyl (C=O) groups is 1. The molecule has 15 N–H and O–H groups in total. The van der Waals surface area contributed by atoms with Gasteiger partial charge in [0.1, 0.15) is 38.6 Å². The second kappa shape index (κ2) is 46.8. The Bertz CT molecular complexity index is 1980. The van der Waals surface area contributed by atoms with Crippen molar-refractivity contribution in [3.63, 3.8) is 0 Å². The Morgan fingerprint density at radius 2 is 1.35 bits per heavy atom. The van der Waals surface area contributed by atoms with Gasteiger partial charge in [-0.1, -0.05) is 128 Å². The van der Waals surface area contributed by atoms with Gasteiger partial charge < -0.3 is 68.5 Å². The molecule has 0 radical (unpaired) electrons. The fourth-order valence-electron chi connectivity index (χ4n) is 3.90. The highest BCUT2D eigenvalue weighted by Gasteiger charge is 2.20. The summed E-state index contributed by atoms with van der Waals surface area (Å²) in [5.41, 5.74) is 18.7. The van der Waals surface area contributed by atoms with Crippen LogP contribution < -0.4 is 49.9 Å². The van der Waals surface area contributed by atoms with E-state index >= 15 is 0 Å². The number of aliphatic imine (C=N–C) groups is 2.